The Kier molecular flexibility index (Phi) is 3.65. The summed E-state index contributed by atoms with van der Waals surface area (Å²) in [5, 5.41) is 5.22. The van der Waals surface area contributed by atoms with Crippen molar-refractivity contribution in [3.05, 3.63) is 18.2 Å². The summed E-state index contributed by atoms with van der Waals surface area (Å²) in [5.41, 5.74) is 0.714. The van der Waals surface area contributed by atoms with Gasteiger partial charge in [0.05, 0.1) is 16.3 Å². The highest BCUT2D eigenvalue weighted by Crippen LogP contribution is 2.30. The molecule has 1 aromatic rings. The van der Waals surface area contributed by atoms with Gasteiger partial charge in [0, 0.05) is 13.1 Å². The minimum absolute atomic E-state index is 0.122. The maximum Gasteiger partial charge on any atom is 0.243 e. The van der Waals surface area contributed by atoms with Crippen LogP contribution in [0, 0.1) is 5.92 Å². The molecule has 2 aliphatic heterocycles. The van der Waals surface area contributed by atoms with Crippen molar-refractivity contribution in [2.24, 2.45) is 5.92 Å². The molecule has 0 unspecified atom stereocenters. The highest BCUT2D eigenvalue weighted by molar-refractivity contribution is 7.89. The minimum atomic E-state index is -3.56. The molecular weight excluding hydrogens is 306 g/mol. The van der Waals surface area contributed by atoms with E-state index in [9.17, 15) is 18.0 Å². The van der Waals surface area contributed by atoms with Crippen molar-refractivity contribution in [3.8, 4) is 0 Å². The summed E-state index contributed by atoms with van der Waals surface area (Å²) >= 11 is 0. The van der Waals surface area contributed by atoms with E-state index in [-0.39, 0.29) is 4.90 Å². The molecule has 0 radical (unpaired) electrons. The summed E-state index contributed by atoms with van der Waals surface area (Å²) in [7, 11) is -3.56. The van der Waals surface area contributed by atoms with Gasteiger partial charge in [-0.2, -0.15) is 4.31 Å². The predicted molar refractivity (Wildman–Crippen MR) is 80.9 cm³/mol. The highest BCUT2D eigenvalue weighted by Gasteiger charge is 2.30. The molecule has 2 N–H and O–H groups in total. The molecule has 1 fully saturated rings. The maximum absolute atomic E-state index is 12.5. The Morgan fingerprint density at radius 1 is 1.05 bits per heavy atom. The van der Waals surface area contributed by atoms with E-state index in [2.05, 4.69) is 10.6 Å². The highest BCUT2D eigenvalue weighted by atomic mass is 32.2. The largest absolute Gasteiger partial charge is 0.324 e. The van der Waals surface area contributed by atoms with E-state index in [0.717, 1.165) is 12.8 Å². The number of rotatable bonds is 2. The van der Waals surface area contributed by atoms with Gasteiger partial charge in [0.15, 0.2) is 0 Å². The fraction of sp³-hybridized carbons (Fsp3) is 0.429. The van der Waals surface area contributed by atoms with Gasteiger partial charge in [-0.1, -0.05) is 0 Å². The lowest BCUT2D eigenvalue weighted by Gasteiger charge is -2.17. The zero-order valence-electron chi connectivity index (χ0n) is 12.1. The summed E-state index contributed by atoms with van der Waals surface area (Å²) in [5.74, 6) is -1.69. The topological polar surface area (TPSA) is 95.6 Å². The van der Waals surface area contributed by atoms with E-state index in [1.807, 2.05) is 0 Å². The smallest absolute Gasteiger partial charge is 0.243 e. The number of amides is 2. The number of fused-ring (bicyclic) bond motifs is 1. The Bertz CT molecular complexity index is 738. The quantitative estimate of drug-likeness (QED) is 0.794. The van der Waals surface area contributed by atoms with Gasteiger partial charge >= 0.3 is 0 Å². The van der Waals surface area contributed by atoms with E-state index >= 15 is 0 Å². The first-order valence-corrected chi connectivity index (χ1v) is 8.59. The fourth-order valence-corrected chi connectivity index (χ4v) is 4.12. The van der Waals surface area contributed by atoms with E-state index in [4.69, 9.17) is 0 Å². The van der Waals surface area contributed by atoms with Crippen molar-refractivity contribution < 1.29 is 18.0 Å². The van der Waals surface area contributed by atoms with E-state index in [1.54, 1.807) is 0 Å². The van der Waals surface area contributed by atoms with Crippen molar-refractivity contribution >= 4 is 33.2 Å². The lowest BCUT2D eigenvalue weighted by Crippen LogP contribution is -2.28. The molecule has 0 bridgehead atoms. The van der Waals surface area contributed by atoms with Crippen LogP contribution in [0.3, 0.4) is 0 Å². The third-order valence-electron chi connectivity index (χ3n) is 4.00. The van der Waals surface area contributed by atoms with E-state index < -0.39 is 27.8 Å². The lowest BCUT2D eigenvalue weighted by atomic mass is 10.1. The Balaban J connectivity index is 1.99. The van der Waals surface area contributed by atoms with Crippen LogP contribution in [0.1, 0.15) is 19.8 Å². The number of sulfonamides is 1. The molecule has 7 nitrogen and oxygen atoms in total. The van der Waals surface area contributed by atoms with Crippen LogP contribution in [0.25, 0.3) is 0 Å². The second-order valence-corrected chi connectivity index (χ2v) is 7.46. The van der Waals surface area contributed by atoms with Crippen LogP contribution >= 0.6 is 0 Å². The first-order valence-electron chi connectivity index (χ1n) is 7.15. The molecule has 0 saturated carbocycles. The molecule has 22 heavy (non-hydrogen) atoms. The van der Waals surface area contributed by atoms with Gasteiger partial charge in [0.25, 0.3) is 0 Å². The Hall–Kier alpha value is -1.93. The van der Waals surface area contributed by atoms with Crippen molar-refractivity contribution in [2.75, 3.05) is 23.7 Å². The predicted octanol–water partition coefficient (Wildman–Crippen LogP) is 0.998. The van der Waals surface area contributed by atoms with Crippen molar-refractivity contribution in [1.82, 2.24) is 4.31 Å². The van der Waals surface area contributed by atoms with Crippen LogP contribution in [0.15, 0.2) is 23.1 Å². The summed E-state index contributed by atoms with van der Waals surface area (Å²) < 4.78 is 26.5. The second kappa shape index (κ2) is 5.36. The van der Waals surface area contributed by atoms with Gasteiger partial charge in [0.2, 0.25) is 21.8 Å². The molecule has 2 heterocycles. The van der Waals surface area contributed by atoms with Crippen molar-refractivity contribution in [3.63, 3.8) is 0 Å². The summed E-state index contributed by atoms with van der Waals surface area (Å²) in [6, 6.07) is 4.36. The van der Waals surface area contributed by atoms with Gasteiger partial charge in [-0.25, -0.2) is 8.42 Å². The summed E-state index contributed by atoms with van der Waals surface area (Å²) in [4.78, 5) is 23.8. The SMILES string of the molecule is C[C@H]1C(=O)Nc2ccc(S(=O)(=O)N3CCCC3)cc2NC1=O. The Morgan fingerprint density at radius 3 is 2.27 bits per heavy atom. The van der Waals surface area contributed by atoms with Gasteiger partial charge in [0.1, 0.15) is 5.92 Å². The molecular formula is C14H17N3O4S. The number of benzene rings is 1. The fourth-order valence-electron chi connectivity index (χ4n) is 2.57. The minimum Gasteiger partial charge on any atom is -0.324 e. The zero-order valence-corrected chi connectivity index (χ0v) is 12.9. The van der Waals surface area contributed by atoms with Crippen molar-refractivity contribution in [1.29, 1.82) is 0 Å². The molecule has 3 rings (SSSR count). The number of anilines is 2. The van der Waals surface area contributed by atoms with Gasteiger partial charge in [-0.15, -0.1) is 0 Å². The van der Waals surface area contributed by atoms with Gasteiger partial charge in [-0.05, 0) is 38.0 Å². The molecule has 2 amide bonds. The third kappa shape index (κ3) is 2.48. The number of nitrogens with zero attached hydrogens (tertiary/aromatic N) is 1. The molecule has 2 aliphatic rings. The first kappa shape index (κ1) is 15.0. The van der Waals surface area contributed by atoms with Crippen LogP contribution in [-0.4, -0.2) is 37.6 Å². The molecule has 0 aliphatic carbocycles. The Morgan fingerprint density at radius 2 is 1.64 bits per heavy atom. The standard InChI is InChI=1S/C14H17N3O4S/c1-9-13(18)15-11-5-4-10(8-12(11)16-14(9)19)22(20,21)17-6-2-3-7-17/h4-5,8-9H,2-3,6-7H2,1H3,(H,15,18)(H,16,19)/t9-/m0/s1. The lowest BCUT2D eigenvalue weighted by molar-refractivity contribution is -0.128. The monoisotopic (exact) mass is 323 g/mol. The molecule has 0 spiro atoms. The number of nitrogens with one attached hydrogen (secondary N) is 2. The zero-order chi connectivity index (χ0) is 15.9. The first-order chi connectivity index (χ1) is 10.4. The Labute approximate surface area is 128 Å². The van der Waals surface area contributed by atoms with Crippen LogP contribution in [-0.2, 0) is 19.6 Å². The molecule has 0 aromatic heterocycles. The summed E-state index contributed by atoms with van der Waals surface area (Å²) in [6.07, 6.45) is 1.71. The van der Waals surface area contributed by atoms with Crippen LogP contribution < -0.4 is 10.6 Å². The molecule has 118 valence electrons. The van der Waals surface area contributed by atoms with Crippen LogP contribution in [0.4, 0.5) is 11.4 Å². The van der Waals surface area contributed by atoms with Gasteiger partial charge < -0.3 is 10.6 Å². The number of hydrogen-bond acceptors (Lipinski definition) is 4. The summed E-state index contributed by atoms with van der Waals surface area (Å²) in [6.45, 7) is 2.53. The van der Waals surface area contributed by atoms with Crippen LogP contribution in [0.5, 0.6) is 0 Å². The molecule has 1 atom stereocenters. The normalized spacial score (nSPS) is 22.7. The average molecular weight is 323 g/mol. The third-order valence-corrected chi connectivity index (χ3v) is 5.89. The maximum atomic E-state index is 12.5. The molecule has 1 saturated heterocycles. The van der Waals surface area contributed by atoms with E-state index in [1.165, 1.54) is 29.4 Å². The number of hydrogen-bond donors (Lipinski definition) is 2. The molecule has 1 aromatic carbocycles. The average Bonchev–Trinajstić information content (AvgIpc) is 2.99. The number of carbonyl (C=O) groups excluding carboxylic acids is 2. The second-order valence-electron chi connectivity index (χ2n) is 5.52. The van der Waals surface area contributed by atoms with Gasteiger partial charge in [-0.3, -0.25) is 9.59 Å². The molecule has 8 heteroatoms. The van der Waals surface area contributed by atoms with E-state index in [0.29, 0.717) is 24.5 Å². The van der Waals surface area contributed by atoms with Crippen molar-refractivity contribution in [2.45, 2.75) is 24.7 Å². The van der Waals surface area contributed by atoms with Crippen LogP contribution in [0.2, 0.25) is 0 Å². The number of carbonyl (C=O) groups is 2.